The number of aromatic nitrogens is 3. The van der Waals surface area contributed by atoms with Crippen molar-refractivity contribution >= 4 is 0 Å². The van der Waals surface area contributed by atoms with E-state index in [0.29, 0.717) is 0 Å². The molecule has 0 amide bonds. The summed E-state index contributed by atoms with van der Waals surface area (Å²) in [6, 6.07) is 12.3. The van der Waals surface area contributed by atoms with Crippen LogP contribution in [0.2, 0.25) is 0 Å². The van der Waals surface area contributed by atoms with Gasteiger partial charge < -0.3 is 0 Å². The Balaban J connectivity index is 2.13. The van der Waals surface area contributed by atoms with Gasteiger partial charge in [0.2, 0.25) is 0 Å². The molecule has 0 aliphatic rings. The Morgan fingerprint density at radius 1 is 1.06 bits per heavy atom. The van der Waals surface area contributed by atoms with Gasteiger partial charge in [0, 0.05) is 36.0 Å². The third kappa shape index (κ3) is 1.91. The van der Waals surface area contributed by atoms with Crippen LogP contribution in [0.3, 0.4) is 0 Å². The van der Waals surface area contributed by atoms with Gasteiger partial charge in [-0.2, -0.15) is 0 Å². The van der Waals surface area contributed by atoms with Crippen molar-refractivity contribution in [3.8, 4) is 17.1 Å². The minimum atomic E-state index is 0.911. The van der Waals surface area contributed by atoms with Gasteiger partial charge in [0.05, 0.1) is 0 Å². The Bertz CT molecular complexity index is 656. The Morgan fingerprint density at radius 3 is 2.78 bits per heavy atom. The molecule has 1 aromatic carbocycles. The molecule has 3 nitrogen and oxygen atoms in total. The number of rotatable bonds is 2. The van der Waals surface area contributed by atoms with Gasteiger partial charge in [-0.15, -0.1) is 0 Å². The normalized spacial score (nSPS) is 10.5. The highest BCUT2D eigenvalue weighted by molar-refractivity contribution is 5.57. The van der Waals surface area contributed by atoms with Crippen LogP contribution < -0.4 is 0 Å². The van der Waals surface area contributed by atoms with Crippen molar-refractivity contribution in [1.29, 1.82) is 0 Å². The van der Waals surface area contributed by atoms with Gasteiger partial charge in [0.25, 0.3) is 0 Å². The second-order valence-corrected chi connectivity index (χ2v) is 4.20. The quantitative estimate of drug-likeness (QED) is 0.682. The van der Waals surface area contributed by atoms with E-state index in [2.05, 4.69) is 45.7 Å². The molecule has 0 spiro atoms. The van der Waals surface area contributed by atoms with E-state index in [1.165, 1.54) is 5.56 Å². The second kappa shape index (κ2) is 4.45. The van der Waals surface area contributed by atoms with Crippen LogP contribution in [0, 0.1) is 6.92 Å². The van der Waals surface area contributed by atoms with Crippen LogP contribution in [0.15, 0.2) is 61.2 Å². The third-order valence-corrected chi connectivity index (χ3v) is 2.84. The molecule has 0 aliphatic heterocycles. The molecule has 0 saturated heterocycles. The van der Waals surface area contributed by atoms with Crippen molar-refractivity contribution in [2.45, 2.75) is 6.92 Å². The molecule has 3 aromatic rings. The van der Waals surface area contributed by atoms with Crippen molar-refractivity contribution in [2.24, 2.45) is 0 Å². The lowest BCUT2D eigenvalue weighted by molar-refractivity contribution is 1.06. The molecular weight excluding hydrogens is 222 g/mol. The standard InChI is InChI=1S/C15H13N3/c1-12-4-2-6-14(10-12)18-9-8-17-15(18)13-5-3-7-16-11-13/h2-11H,1H3. The monoisotopic (exact) mass is 235 g/mol. The highest BCUT2D eigenvalue weighted by Gasteiger charge is 2.07. The Labute approximate surface area is 106 Å². The van der Waals surface area contributed by atoms with Crippen molar-refractivity contribution < 1.29 is 0 Å². The summed E-state index contributed by atoms with van der Waals surface area (Å²) in [6.07, 6.45) is 7.37. The van der Waals surface area contributed by atoms with Crippen LogP contribution >= 0.6 is 0 Å². The minimum Gasteiger partial charge on any atom is -0.300 e. The van der Waals surface area contributed by atoms with E-state index < -0.39 is 0 Å². The molecule has 0 saturated carbocycles. The van der Waals surface area contributed by atoms with Crippen LogP contribution in [-0.2, 0) is 0 Å². The lowest BCUT2D eigenvalue weighted by Gasteiger charge is -2.08. The summed E-state index contributed by atoms with van der Waals surface area (Å²) in [6.45, 7) is 2.09. The topological polar surface area (TPSA) is 30.7 Å². The Morgan fingerprint density at radius 2 is 2.00 bits per heavy atom. The number of hydrogen-bond acceptors (Lipinski definition) is 2. The van der Waals surface area contributed by atoms with Crippen LogP contribution in [0.4, 0.5) is 0 Å². The van der Waals surface area contributed by atoms with Crippen molar-refractivity contribution in [2.75, 3.05) is 0 Å². The fourth-order valence-corrected chi connectivity index (χ4v) is 2.00. The molecule has 0 fully saturated rings. The van der Waals surface area contributed by atoms with Gasteiger partial charge in [0.15, 0.2) is 0 Å². The number of benzene rings is 1. The summed E-state index contributed by atoms with van der Waals surface area (Å²) < 4.78 is 2.07. The molecule has 2 aromatic heterocycles. The highest BCUT2D eigenvalue weighted by Crippen LogP contribution is 2.20. The van der Waals surface area contributed by atoms with E-state index in [4.69, 9.17) is 0 Å². The Kier molecular flexibility index (Phi) is 2.65. The van der Waals surface area contributed by atoms with E-state index in [1.807, 2.05) is 30.7 Å². The molecule has 0 aliphatic carbocycles. The zero-order valence-corrected chi connectivity index (χ0v) is 10.1. The predicted molar refractivity (Wildman–Crippen MR) is 71.5 cm³/mol. The molecule has 0 radical (unpaired) electrons. The first-order chi connectivity index (χ1) is 8.84. The van der Waals surface area contributed by atoms with Crippen molar-refractivity contribution in [1.82, 2.24) is 14.5 Å². The van der Waals surface area contributed by atoms with Gasteiger partial charge in [-0.1, -0.05) is 12.1 Å². The summed E-state index contributed by atoms with van der Waals surface area (Å²) >= 11 is 0. The number of imidazole rings is 1. The molecule has 2 heterocycles. The average molecular weight is 235 g/mol. The lowest BCUT2D eigenvalue weighted by Crippen LogP contribution is -1.96. The SMILES string of the molecule is Cc1cccc(-n2ccnc2-c2cccnc2)c1. The molecule has 0 N–H and O–H groups in total. The number of nitrogens with zero attached hydrogens (tertiary/aromatic N) is 3. The first kappa shape index (κ1) is 10.7. The van der Waals surface area contributed by atoms with Crippen LogP contribution in [0.1, 0.15) is 5.56 Å². The van der Waals surface area contributed by atoms with Gasteiger partial charge in [-0.05, 0) is 36.8 Å². The van der Waals surface area contributed by atoms with E-state index in [9.17, 15) is 0 Å². The maximum atomic E-state index is 4.42. The zero-order valence-electron chi connectivity index (χ0n) is 10.1. The van der Waals surface area contributed by atoms with Gasteiger partial charge >= 0.3 is 0 Å². The fraction of sp³-hybridized carbons (Fsp3) is 0.0667. The van der Waals surface area contributed by atoms with Crippen molar-refractivity contribution in [3.05, 3.63) is 66.7 Å². The second-order valence-electron chi connectivity index (χ2n) is 4.20. The lowest BCUT2D eigenvalue weighted by atomic mass is 10.2. The summed E-state index contributed by atoms with van der Waals surface area (Å²) in [4.78, 5) is 8.56. The summed E-state index contributed by atoms with van der Waals surface area (Å²) in [5, 5.41) is 0. The molecule has 3 heteroatoms. The predicted octanol–water partition coefficient (Wildman–Crippen LogP) is 3.24. The van der Waals surface area contributed by atoms with Crippen LogP contribution in [0.5, 0.6) is 0 Å². The molecular formula is C15H13N3. The maximum Gasteiger partial charge on any atom is 0.146 e. The number of pyridine rings is 1. The first-order valence-electron chi connectivity index (χ1n) is 5.85. The molecule has 88 valence electrons. The highest BCUT2D eigenvalue weighted by atomic mass is 15.1. The number of aryl methyl sites for hydroxylation is 1. The van der Waals surface area contributed by atoms with E-state index in [1.54, 1.807) is 6.20 Å². The number of hydrogen-bond donors (Lipinski definition) is 0. The fourth-order valence-electron chi connectivity index (χ4n) is 2.00. The van der Waals surface area contributed by atoms with E-state index in [0.717, 1.165) is 17.1 Å². The van der Waals surface area contributed by atoms with E-state index >= 15 is 0 Å². The molecule has 0 atom stereocenters. The van der Waals surface area contributed by atoms with Gasteiger partial charge in [-0.25, -0.2) is 4.98 Å². The van der Waals surface area contributed by atoms with E-state index in [-0.39, 0.29) is 0 Å². The van der Waals surface area contributed by atoms with Gasteiger partial charge in [-0.3, -0.25) is 9.55 Å². The first-order valence-corrected chi connectivity index (χ1v) is 5.85. The smallest absolute Gasteiger partial charge is 0.146 e. The molecule has 0 unspecified atom stereocenters. The van der Waals surface area contributed by atoms with Crippen LogP contribution in [0.25, 0.3) is 17.1 Å². The summed E-state index contributed by atoms with van der Waals surface area (Å²) in [5.41, 5.74) is 3.37. The molecule has 0 bridgehead atoms. The Hall–Kier alpha value is -2.42. The largest absolute Gasteiger partial charge is 0.300 e. The minimum absolute atomic E-state index is 0.911. The summed E-state index contributed by atoms with van der Waals surface area (Å²) in [5.74, 6) is 0.911. The van der Waals surface area contributed by atoms with Gasteiger partial charge in [0.1, 0.15) is 5.82 Å². The van der Waals surface area contributed by atoms with Crippen LogP contribution in [-0.4, -0.2) is 14.5 Å². The molecule has 18 heavy (non-hydrogen) atoms. The maximum absolute atomic E-state index is 4.42. The zero-order chi connectivity index (χ0) is 12.4. The third-order valence-electron chi connectivity index (χ3n) is 2.84. The summed E-state index contributed by atoms with van der Waals surface area (Å²) in [7, 11) is 0. The average Bonchev–Trinajstić information content (AvgIpc) is 2.89. The molecule has 3 rings (SSSR count). The van der Waals surface area contributed by atoms with Crippen molar-refractivity contribution in [3.63, 3.8) is 0 Å².